The predicted molar refractivity (Wildman–Crippen MR) is 149 cm³/mol. The predicted octanol–water partition coefficient (Wildman–Crippen LogP) is 7.49. The number of nitrogens with zero attached hydrogens (tertiary/aromatic N) is 1. The van der Waals surface area contributed by atoms with Gasteiger partial charge in [-0.05, 0) is 96.2 Å². The quantitative estimate of drug-likeness (QED) is 0.313. The van der Waals surface area contributed by atoms with Crippen LogP contribution in [0.25, 0.3) is 11.1 Å². The monoisotopic (exact) mass is 477 g/mol. The lowest BCUT2D eigenvalue weighted by atomic mass is 9.58. The Balaban J connectivity index is 1.10. The molecule has 2 aliphatic carbocycles. The van der Waals surface area contributed by atoms with Crippen molar-refractivity contribution in [2.24, 2.45) is 11.8 Å². The molecule has 1 heterocycles. The van der Waals surface area contributed by atoms with E-state index in [2.05, 4.69) is 85.5 Å². The lowest BCUT2D eigenvalue weighted by Crippen LogP contribution is -2.58. The Hall–Kier alpha value is -2.71. The van der Waals surface area contributed by atoms with Crippen LogP contribution in [0.4, 0.5) is 0 Å². The zero-order valence-corrected chi connectivity index (χ0v) is 21.9. The van der Waals surface area contributed by atoms with E-state index in [4.69, 9.17) is 0 Å². The van der Waals surface area contributed by atoms with E-state index < -0.39 is 0 Å². The molecule has 1 saturated heterocycles. The summed E-state index contributed by atoms with van der Waals surface area (Å²) in [6.07, 6.45) is 7.66. The van der Waals surface area contributed by atoms with Crippen LogP contribution in [0.2, 0.25) is 0 Å². The van der Waals surface area contributed by atoms with E-state index in [0.717, 1.165) is 30.7 Å². The average molecular weight is 478 g/mol. The highest BCUT2D eigenvalue weighted by atomic mass is 16.1. The minimum atomic E-state index is 0.190. The van der Waals surface area contributed by atoms with E-state index in [1.54, 1.807) is 0 Å². The fraction of sp³-hybridized carbons (Fsp3) is 0.441. The average Bonchev–Trinajstić information content (AvgIpc) is 3.73. The van der Waals surface area contributed by atoms with Gasteiger partial charge in [-0.25, -0.2) is 0 Å². The molecule has 3 aliphatic rings. The number of fused-ring (bicyclic) bond motifs is 4. The van der Waals surface area contributed by atoms with Crippen LogP contribution in [0, 0.1) is 11.8 Å². The first-order valence-corrected chi connectivity index (χ1v) is 14.1. The zero-order valence-electron chi connectivity index (χ0n) is 21.9. The second-order valence-electron chi connectivity index (χ2n) is 11.9. The van der Waals surface area contributed by atoms with Gasteiger partial charge >= 0.3 is 0 Å². The normalized spacial score (nSPS) is 25.4. The number of piperidine rings is 1. The molecule has 2 heteroatoms. The molecule has 186 valence electrons. The highest BCUT2D eigenvalue weighted by molar-refractivity contribution is 5.96. The van der Waals surface area contributed by atoms with E-state index in [9.17, 15) is 4.79 Å². The molecule has 0 radical (unpaired) electrons. The van der Waals surface area contributed by atoms with Crippen LogP contribution >= 0.6 is 0 Å². The van der Waals surface area contributed by atoms with E-state index in [-0.39, 0.29) is 5.41 Å². The van der Waals surface area contributed by atoms with Crippen LogP contribution in [0.1, 0.15) is 73.0 Å². The standard InChI is InChI=1S/C34H39NO/c1-24-32-22-29-17-18-30(21-31(29)34(24,2)19-20-35(32)23-26-11-12-26)33(36)10-6-7-25-13-15-28(16-14-25)27-8-4-3-5-9-27/h3-5,8-9,13-18,21,24,26,32H,6-7,10-12,19-20,22-23H2,1-2H3/t24-,32?,34?/m0/s1. The maximum absolute atomic E-state index is 13.2. The molecule has 0 amide bonds. The van der Waals surface area contributed by atoms with E-state index in [1.165, 1.54) is 60.2 Å². The fourth-order valence-electron chi connectivity index (χ4n) is 6.83. The number of ketones is 1. The largest absolute Gasteiger partial charge is 0.299 e. The number of aryl methyl sites for hydroxylation is 1. The van der Waals surface area contributed by atoms with Gasteiger partial charge in [-0.1, -0.05) is 80.6 Å². The first kappa shape index (κ1) is 23.7. The summed E-state index contributed by atoms with van der Waals surface area (Å²) < 4.78 is 0. The van der Waals surface area contributed by atoms with Crippen molar-refractivity contribution in [2.45, 2.75) is 70.3 Å². The molecule has 0 aromatic heterocycles. The van der Waals surface area contributed by atoms with Gasteiger partial charge in [-0.15, -0.1) is 0 Å². The smallest absolute Gasteiger partial charge is 0.162 e. The van der Waals surface area contributed by atoms with Gasteiger partial charge in [-0.3, -0.25) is 9.69 Å². The molecule has 3 aromatic carbocycles. The number of hydrogen-bond acceptors (Lipinski definition) is 2. The summed E-state index contributed by atoms with van der Waals surface area (Å²) in [7, 11) is 0. The minimum absolute atomic E-state index is 0.190. The number of rotatable bonds is 8. The number of hydrogen-bond donors (Lipinski definition) is 0. The van der Waals surface area contributed by atoms with Crippen LogP contribution in [0.3, 0.4) is 0 Å². The van der Waals surface area contributed by atoms with Crippen molar-refractivity contribution in [3.05, 3.63) is 95.1 Å². The minimum Gasteiger partial charge on any atom is -0.299 e. The lowest BCUT2D eigenvalue weighted by molar-refractivity contribution is 0.0284. The fourth-order valence-corrected chi connectivity index (χ4v) is 6.83. The van der Waals surface area contributed by atoms with Crippen molar-refractivity contribution in [1.29, 1.82) is 0 Å². The number of benzene rings is 3. The van der Waals surface area contributed by atoms with Crippen molar-refractivity contribution in [3.63, 3.8) is 0 Å². The molecular weight excluding hydrogens is 438 g/mol. The van der Waals surface area contributed by atoms with E-state index in [0.29, 0.717) is 24.2 Å². The maximum atomic E-state index is 13.2. The van der Waals surface area contributed by atoms with Gasteiger partial charge < -0.3 is 0 Å². The molecule has 3 aromatic rings. The molecule has 1 saturated carbocycles. The molecular formula is C34H39NO. The summed E-state index contributed by atoms with van der Waals surface area (Å²) in [5, 5.41) is 0. The molecule has 36 heavy (non-hydrogen) atoms. The van der Waals surface area contributed by atoms with Gasteiger partial charge in [0.25, 0.3) is 0 Å². The Morgan fingerprint density at radius 2 is 1.72 bits per heavy atom. The molecule has 3 atom stereocenters. The Labute approximate surface area is 216 Å². The highest BCUT2D eigenvalue weighted by Gasteiger charge is 2.49. The number of likely N-dealkylation sites (tertiary alicyclic amines) is 1. The molecule has 6 rings (SSSR count). The Morgan fingerprint density at radius 1 is 0.972 bits per heavy atom. The summed E-state index contributed by atoms with van der Waals surface area (Å²) in [5.41, 5.74) is 7.84. The van der Waals surface area contributed by atoms with Gasteiger partial charge in [0, 0.05) is 24.6 Å². The summed E-state index contributed by atoms with van der Waals surface area (Å²) in [5.74, 6) is 1.88. The topological polar surface area (TPSA) is 20.3 Å². The second-order valence-corrected chi connectivity index (χ2v) is 11.9. The molecule has 2 nitrogen and oxygen atoms in total. The van der Waals surface area contributed by atoms with Crippen LogP contribution in [-0.2, 0) is 18.3 Å². The zero-order chi connectivity index (χ0) is 24.7. The van der Waals surface area contributed by atoms with Crippen molar-refractivity contribution >= 4 is 5.78 Å². The SMILES string of the molecule is C[C@H]1C2Cc3ccc(C(=O)CCCc4ccc(-c5ccccc5)cc4)cc3C1(C)CCN2CC1CC1. The van der Waals surface area contributed by atoms with Gasteiger partial charge in [0.15, 0.2) is 5.78 Å². The van der Waals surface area contributed by atoms with Crippen LogP contribution in [0.15, 0.2) is 72.8 Å². The van der Waals surface area contributed by atoms with Crippen LogP contribution in [0.5, 0.6) is 0 Å². The van der Waals surface area contributed by atoms with Crippen molar-refractivity contribution in [3.8, 4) is 11.1 Å². The van der Waals surface area contributed by atoms with Crippen molar-refractivity contribution in [2.75, 3.05) is 13.1 Å². The third-order valence-electron chi connectivity index (χ3n) is 9.57. The molecule has 1 aliphatic heterocycles. The molecule has 2 fully saturated rings. The summed E-state index contributed by atoms with van der Waals surface area (Å²) >= 11 is 0. The van der Waals surface area contributed by atoms with Gasteiger partial charge in [0.2, 0.25) is 0 Å². The molecule has 2 bridgehead atoms. The summed E-state index contributed by atoms with van der Waals surface area (Å²) in [6.45, 7) is 7.43. The van der Waals surface area contributed by atoms with Crippen LogP contribution < -0.4 is 0 Å². The number of Topliss-reactive ketones (excluding diaryl/α,β-unsaturated/α-hetero) is 1. The molecule has 0 spiro atoms. The van der Waals surface area contributed by atoms with Crippen molar-refractivity contribution in [1.82, 2.24) is 4.90 Å². The van der Waals surface area contributed by atoms with E-state index in [1.807, 2.05) is 6.07 Å². The number of carbonyl (C=O) groups is 1. The van der Waals surface area contributed by atoms with Crippen LogP contribution in [-0.4, -0.2) is 29.8 Å². The van der Waals surface area contributed by atoms with Gasteiger partial charge in [-0.2, -0.15) is 0 Å². The third-order valence-corrected chi connectivity index (χ3v) is 9.57. The molecule has 0 N–H and O–H groups in total. The molecule has 2 unspecified atom stereocenters. The second kappa shape index (κ2) is 9.63. The summed E-state index contributed by atoms with van der Waals surface area (Å²) in [6, 6.07) is 26.6. The first-order valence-electron chi connectivity index (χ1n) is 14.1. The van der Waals surface area contributed by atoms with Crippen molar-refractivity contribution < 1.29 is 4.79 Å². The first-order chi connectivity index (χ1) is 17.5. The Kier molecular flexibility index (Phi) is 6.33. The Bertz CT molecular complexity index is 1230. The van der Waals surface area contributed by atoms with Gasteiger partial charge in [0.1, 0.15) is 0 Å². The third kappa shape index (κ3) is 4.57. The lowest BCUT2D eigenvalue weighted by Gasteiger charge is -2.55. The number of carbonyl (C=O) groups excluding carboxylic acids is 1. The Morgan fingerprint density at radius 3 is 2.47 bits per heavy atom. The highest BCUT2D eigenvalue weighted by Crippen LogP contribution is 2.49. The van der Waals surface area contributed by atoms with E-state index >= 15 is 0 Å². The van der Waals surface area contributed by atoms with Gasteiger partial charge in [0.05, 0.1) is 0 Å². The maximum Gasteiger partial charge on any atom is 0.162 e. The summed E-state index contributed by atoms with van der Waals surface area (Å²) in [4.78, 5) is 16.0.